The van der Waals surface area contributed by atoms with Crippen molar-refractivity contribution >= 4 is 43.5 Å². The molecule has 0 aliphatic carbocycles. The van der Waals surface area contributed by atoms with Crippen LogP contribution in [0.25, 0.3) is 27.6 Å². The van der Waals surface area contributed by atoms with Gasteiger partial charge in [0, 0.05) is 29.4 Å². The second kappa shape index (κ2) is 11.7. The van der Waals surface area contributed by atoms with Crippen LogP contribution in [0.1, 0.15) is 18.2 Å². The number of hydrogen-bond acceptors (Lipinski definition) is 6. The third-order valence-electron chi connectivity index (χ3n) is 5.02. The fraction of sp³-hybridized carbons (Fsp3) is 0.0357. The standard InChI is InChI=1S/C10H9NO.2C9H7NO.Al/c1-3-8-6-5-7-11-10(8)9(12)4-2;2*11-8-5-1-3-7-4-2-6-10-9(7)8;/h1,4-7,12H,2H3;2*1-6,11H;/q;;;+2/p-2/b9-4+;;;. The number of hydrogen-bond donors (Lipinski definition) is 1. The normalized spacial score (nSPS) is 10.7. The highest BCUT2D eigenvalue weighted by atomic mass is 27.2. The topological polar surface area (TPSA) is 77.4 Å². The highest BCUT2D eigenvalue weighted by Gasteiger charge is 2.14. The molecule has 0 bridgehead atoms. The maximum absolute atomic E-state index is 9.31. The summed E-state index contributed by atoms with van der Waals surface area (Å²) in [5.41, 5.74) is 2.82. The summed E-state index contributed by atoms with van der Waals surface area (Å²) in [6.45, 7) is 1.88. The maximum Gasteiger partial charge on any atom is 0.882 e. The van der Waals surface area contributed by atoms with Crippen LogP contribution in [0.2, 0.25) is 0 Å². The third kappa shape index (κ3) is 5.77. The van der Waals surface area contributed by atoms with Crippen molar-refractivity contribution in [2.75, 3.05) is 0 Å². The molecule has 35 heavy (non-hydrogen) atoms. The number of para-hydroxylation sites is 2. The number of terminal acetylenes is 1. The van der Waals surface area contributed by atoms with Gasteiger partial charge in [-0.15, -0.1) is 6.42 Å². The lowest BCUT2D eigenvalue weighted by molar-refractivity contribution is 0.433. The zero-order valence-electron chi connectivity index (χ0n) is 19.0. The Labute approximate surface area is 210 Å². The highest BCUT2D eigenvalue weighted by molar-refractivity contribution is 6.22. The van der Waals surface area contributed by atoms with Gasteiger partial charge in [0.25, 0.3) is 0 Å². The fourth-order valence-electron chi connectivity index (χ4n) is 3.37. The van der Waals surface area contributed by atoms with E-state index in [0.717, 1.165) is 16.3 Å². The van der Waals surface area contributed by atoms with Crippen molar-refractivity contribution in [1.29, 1.82) is 0 Å². The first-order chi connectivity index (χ1) is 17.2. The molecule has 0 atom stereocenters. The van der Waals surface area contributed by atoms with E-state index in [1.165, 1.54) is 0 Å². The summed E-state index contributed by atoms with van der Waals surface area (Å²) in [6, 6.07) is 22.5. The van der Waals surface area contributed by atoms with Gasteiger partial charge in [0.15, 0.2) is 0 Å². The molecule has 0 spiro atoms. The molecule has 0 saturated carbocycles. The number of pyridine rings is 3. The number of aromatic nitrogens is 3. The molecular weight excluding hydrogens is 453 g/mol. The van der Waals surface area contributed by atoms with Crippen molar-refractivity contribution < 1.29 is 12.7 Å². The molecule has 3 heterocycles. The molecular formula is C28H21AlN3O3. The SMILES string of the molecule is C#Cc1cccnc1/C(=C\C)[O][Al][O]c1cccc2cccnc12.Oc1cccc2cccnc12. The lowest BCUT2D eigenvalue weighted by atomic mass is 10.2. The van der Waals surface area contributed by atoms with Crippen molar-refractivity contribution in [3.63, 3.8) is 0 Å². The third-order valence-corrected chi connectivity index (χ3v) is 5.72. The van der Waals surface area contributed by atoms with Gasteiger partial charge in [-0.1, -0.05) is 42.3 Å². The highest BCUT2D eigenvalue weighted by Crippen LogP contribution is 2.24. The van der Waals surface area contributed by atoms with Crippen LogP contribution in [-0.4, -0.2) is 35.9 Å². The first-order valence-corrected chi connectivity index (χ1v) is 11.8. The summed E-state index contributed by atoms with van der Waals surface area (Å²) in [6.07, 6.45) is 12.5. The van der Waals surface area contributed by atoms with Gasteiger partial charge in [-0.2, -0.15) is 0 Å². The maximum atomic E-state index is 9.31. The molecule has 169 valence electrons. The van der Waals surface area contributed by atoms with Crippen molar-refractivity contribution in [3.05, 3.63) is 109 Å². The van der Waals surface area contributed by atoms with Gasteiger partial charge in [-0.3, -0.25) is 15.0 Å². The Morgan fingerprint density at radius 1 is 0.857 bits per heavy atom. The zero-order valence-corrected chi connectivity index (χ0v) is 20.2. The molecule has 0 fully saturated rings. The van der Waals surface area contributed by atoms with Gasteiger partial charge in [0.1, 0.15) is 34.0 Å². The molecule has 0 unspecified atom stereocenters. The second-order valence-electron chi connectivity index (χ2n) is 7.21. The Morgan fingerprint density at radius 2 is 1.49 bits per heavy atom. The number of aromatic hydroxyl groups is 1. The van der Waals surface area contributed by atoms with E-state index >= 15 is 0 Å². The van der Waals surface area contributed by atoms with Crippen LogP contribution in [0.5, 0.6) is 11.5 Å². The molecule has 7 heteroatoms. The quantitative estimate of drug-likeness (QED) is 0.205. The molecule has 1 N–H and O–H groups in total. The van der Waals surface area contributed by atoms with Crippen LogP contribution >= 0.6 is 0 Å². The smallest absolute Gasteiger partial charge is 0.614 e. The van der Waals surface area contributed by atoms with Gasteiger partial charge in [0.05, 0.1) is 5.56 Å². The predicted octanol–water partition coefficient (Wildman–Crippen LogP) is 5.54. The molecule has 3 aromatic heterocycles. The van der Waals surface area contributed by atoms with Crippen LogP contribution in [-0.2, 0) is 3.79 Å². The van der Waals surface area contributed by atoms with Gasteiger partial charge in [-0.05, 0) is 49.4 Å². The van der Waals surface area contributed by atoms with Crippen LogP contribution < -0.4 is 3.79 Å². The Balaban J connectivity index is 0.000000218. The van der Waals surface area contributed by atoms with Gasteiger partial charge in [-0.25, -0.2) is 0 Å². The van der Waals surface area contributed by atoms with Crippen LogP contribution in [0.3, 0.4) is 0 Å². The van der Waals surface area contributed by atoms with Gasteiger partial charge in [0.2, 0.25) is 0 Å². The zero-order chi connectivity index (χ0) is 24.5. The number of fused-ring (bicyclic) bond motifs is 2. The Morgan fingerprint density at radius 3 is 2.20 bits per heavy atom. The molecule has 0 amide bonds. The number of phenolic OH excluding ortho intramolecular Hbond substituents is 1. The van der Waals surface area contributed by atoms with Crippen molar-refractivity contribution in [3.8, 4) is 23.8 Å². The minimum atomic E-state index is -0.776. The minimum Gasteiger partial charge on any atom is -0.614 e. The van der Waals surface area contributed by atoms with Crippen molar-refractivity contribution in [1.82, 2.24) is 15.0 Å². The van der Waals surface area contributed by atoms with E-state index in [2.05, 4.69) is 20.9 Å². The second-order valence-corrected chi connectivity index (χ2v) is 7.88. The summed E-state index contributed by atoms with van der Waals surface area (Å²) in [5.74, 6) is 4.18. The Hall–Kier alpha value is -4.36. The van der Waals surface area contributed by atoms with Gasteiger partial charge < -0.3 is 12.7 Å². The minimum absolute atomic E-state index is 0.239. The molecule has 5 aromatic rings. The van der Waals surface area contributed by atoms with E-state index in [9.17, 15) is 5.11 Å². The van der Waals surface area contributed by atoms with E-state index < -0.39 is 15.9 Å². The molecule has 0 saturated heterocycles. The summed E-state index contributed by atoms with van der Waals surface area (Å²) in [5, 5.41) is 11.3. The van der Waals surface area contributed by atoms with Crippen LogP contribution in [0, 0.1) is 12.3 Å². The molecule has 5 rings (SSSR count). The monoisotopic (exact) mass is 474 g/mol. The average molecular weight is 474 g/mol. The molecule has 2 aromatic carbocycles. The van der Waals surface area contributed by atoms with E-state index in [1.54, 1.807) is 36.8 Å². The van der Waals surface area contributed by atoms with E-state index in [1.807, 2.05) is 67.6 Å². The van der Waals surface area contributed by atoms with E-state index in [0.29, 0.717) is 28.3 Å². The summed E-state index contributed by atoms with van der Waals surface area (Å²) >= 11 is -0.776. The van der Waals surface area contributed by atoms with Crippen LogP contribution in [0.4, 0.5) is 0 Å². The van der Waals surface area contributed by atoms with Crippen molar-refractivity contribution in [2.45, 2.75) is 6.92 Å². The molecule has 0 aliphatic rings. The predicted molar refractivity (Wildman–Crippen MR) is 138 cm³/mol. The lowest BCUT2D eigenvalue weighted by Gasteiger charge is -2.13. The fourth-order valence-corrected chi connectivity index (χ4v) is 4.06. The number of rotatable bonds is 5. The first-order valence-electron chi connectivity index (χ1n) is 10.8. The summed E-state index contributed by atoms with van der Waals surface area (Å²) in [4.78, 5) is 12.7. The number of phenols is 1. The van der Waals surface area contributed by atoms with Crippen LogP contribution in [0.15, 0.2) is 97.5 Å². The molecule has 6 nitrogen and oxygen atoms in total. The summed E-state index contributed by atoms with van der Waals surface area (Å²) < 4.78 is 11.6. The number of allylic oxidation sites excluding steroid dienone is 1. The summed E-state index contributed by atoms with van der Waals surface area (Å²) in [7, 11) is 0. The van der Waals surface area contributed by atoms with E-state index in [-0.39, 0.29) is 5.75 Å². The van der Waals surface area contributed by atoms with E-state index in [4.69, 9.17) is 14.0 Å². The number of nitrogens with zero attached hydrogens (tertiary/aromatic N) is 3. The molecule has 1 radical (unpaired) electrons. The Bertz CT molecular complexity index is 1520. The largest absolute Gasteiger partial charge is 0.882 e. The molecule has 0 aliphatic heterocycles. The lowest BCUT2D eigenvalue weighted by Crippen LogP contribution is -2.09. The van der Waals surface area contributed by atoms with Crippen molar-refractivity contribution in [2.24, 2.45) is 0 Å². The average Bonchev–Trinajstić information content (AvgIpc) is 2.92. The Kier molecular flexibility index (Phi) is 7.93. The number of benzene rings is 2. The first kappa shape index (κ1) is 23.8. The van der Waals surface area contributed by atoms with Gasteiger partial charge >= 0.3 is 15.9 Å².